The van der Waals surface area contributed by atoms with Gasteiger partial charge in [0.2, 0.25) is 10.0 Å². The zero-order valence-corrected chi connectivity index (χ0v) is 19.2. The van der Waals surface area contributed by atoms with Crippen LogP contribution in [0, 0.1) is 6.92 Å². The average molecular weight is 441 g/mol. The summed E-state index contributed by atoms with van der Waals surface area (Å²) in [4.78, 5) is 12.8. The molecule has 31 heavy (non-hydrogen) atoms. The maximum absolute atomic E-state index is 12.8. The van der Waals surface area contributed by atoms with Crippen molar-refractivity contribution in [2.75, 3.05) is 16.3 Å². The van der Waals surface area contributed by atoms with Crippen LogP contribution in [0.5, 0.6) is 0 Å². The maximum Gasteiger partial charge on any atom is 0.256 e. The van der Waals surface area contributed by atoms with E-state index in [0.717, 1.165) is 17.4 Å². The smallest absolute Gasteiger partial charge is 0.256 e. The standard InChI is InChI=1S/C23H28N4O3S/c1-16-6-9-18(14-20(16)26-31(5,29)30)22(28)25-21-12-13-24-27(21)15-17-7-10-19(11-8-17)23(2,3)4/h6-14,26H,15H2,1-5H3,(H,25,28). The first-order valence-electron chi connectivity index (χ1n) is 9.93. The summed E-state index contributed by atoms with van der Waals surface area (Å²) >= 11 is 0. The number of carbonyl (C=O) groups is 1. The number of anilines is 2. The fourth-order valence-corrected chi connectivity index (χ4v) is 3.73. The van der Waals surface area contributed by atoms with E-state index in [0.29, 0.717) is 23.6 Å². The SMILES string of the molecule is Cc1ccc(C(=O)Nc2ccnn2Cc2ccc(C(C)(C)C)cc2)cc1NS(C)(=O)=O. The van der Waals surface area contributed by atoms with E-state index in [2.05, 4.69) is 60.2 Å². The van der Waals surface area contributed by atoms with Crippen LogP contribution in [0.4, 0.5) is 11.5 Å². The third kappa shape index (κ3) is 5.95. The molecule has 1 amide bonds. The lowest BCUT2D eigenvalue weighted by Crippen LogP contribution is -2.17. The molecule has 8 heteroatoms. The Labute approximate surface area is 183 Å². The molecule has 2 N–H and O–H groups in total. The molecular formula is C23H28N4O3S. The van der Waals surface area contributed by atoms with Gasteiger partial charge in [0.25, 0.3) is 5.91 Å². The minimum atomic E-state index is -3.44. The van der Waals surface area contributed by atoms with Crippen LogP contribution in [0.3, 0.4) is 0 Å². The third-order valence-corrected chi connectivity index (χ3v) is 5.50. The number of sulfonamides is 1. The largest absolute Gasteiger partial charge is 0.307 e. The summed E-state index contributed by atoms with van der Waals surface area (Å²) in [6, 6.07) is 15.0. The predicted octanol–water partition coefficient (Wildman–Crippen LogP) is 4.16. The summed E-state index contributed by atoms with van der Waals surface area (Å²) in [6.07, 6.45) is 2.71. The molecule has 0 saturated heterocycles. The van der Waals surface area contributed by atoms with Crippen LogP contribution in [0.2, 0.25) is 0 Å². The Kier molecular flexibility index (Phi) is 6.22. The molecule has 0 aliphatic carbocycles. The molecule has 0 saturated carbocycles. The van der Waals surface area contributed by atoms with Gasteiger partial charge in [-0.1, -0.05) is 51.1 Å². The summed E-state index contributed by atoms with van der Waals surface area (Å²) in [7, 11) is -3.44. The van der Waals surface area contributed by atoms with Crippen LogP contribution in [0.25, 0.3) is 0 Å². The molecule has 1 aromatic heterocycles. The van der Waals surface area contributed by atoms with Crippen LogP contribution in [0.1, 0.15) is 47.8 Å². The number of aromatic nitrogens is 2. The molecule has 0 unspecified atom stereocenters. The molecule has 0 fully saturated rings. The highest BCUT2D eigenvalue weighted by atomic mass is 32.2. The Balaban J connectivity index is 1.76. The quantitative estimate of drug-likeness (QED) is 0.602. The fourth-order valence-electron chi connectivity index (χ4n) is 3.11. The van der Waals surface area contributed by atoms with Crippen LogP contribution in [-0.2, 0) is 22.0 Å². The normalized spacial score (nSPS) is 11.9. The van der Waals surface area contributed by atoms with Crippen molar-refractivity contribution in [3.05, 3.63) is 77.0 Å². The van der Waals surface area contributed by atoms with Crippen molar-refractivity contribution in [3.63, 3.8) is 0 Å². The van der Waals surface area contributed by atoms with Crippen LogP contribution >= 0.6 is 0 Å². The molecule has 0 atom stereocenters. The van der Waals surface area contributed by atoms with E-state index >= 15 is 0 Å². The fraction of sp³-hybridized carbons (Fsp3) is 0.304. The number of rotatable bonds is 6. The number of carbonyl (C=O) groups excluding carboxylic acids is 1. The molecule has 2 aromatic carbocycles. The van der Waals surface area contributed by atoms with Gasteiger partial charge < -0.3 is 5.32 Å². The number of hydrogen-bond donors (Lipinski definition) is 2. The van der Waals surface area contributed by atoms with E-state index in [1.807, 2.05) is 0 Å². The summed E-state index contributed by atoms with van der Waals surface area (Å²) in [6.45, 7) is 8.80. The topological polar surface area (TPSA) is 93.1 Å². The zero-order valence-electron chi connectivity index (χ0n) is 18.4. The third-order valence-electron chi connectivity index (χ3n) is 4.91. The van der Waals surface area contributed by atoms with Gasteiger partial charge in [0.1, 0.15) is 5.82 Å². The highest BCUT2D eigenvalue weighted by Crippen LogP contribution is 2.23. The minimum absolute atomic E-state index is 0.0855. The van der Waals surface area contributed by atoms with Crippen molar-refractivity contribution in [1.82, 2.24) is 9.78 Å². The first-order valence-corrected chi connectivity index (χ1v) is 11.8. The Morgan fingerprint density at radius 2 is 1.74 bits per heavy atom. The van der Waals surface area contributed by atoms with E-state index < -0.39 is 10.0 Å². The van der Waals surface area contributed by atoms with Crippen molar-refractivity contribution in [1.29, 1.82) is 0 Å². The molecule has 0 spiro atoms. The number of benzene rings is 2. The second-order valence-corrected chi connectivity index (χ2v) is 10.4. The first kappa shape index (κ1) is 22.6. The Morgan fingerprint density at radius 1 is 1.06 bits per heavy atom. The maximum atomic E-state index is 12.8. The molecular weight excluding hydrogens is 412 g/mol. The van der Waals surface area contributed by atoms with Gasteiger partial charge in [0.05, 0.1) is 24.7 Å². The first-order chi connectivity index (χ1) is 14.4. The Morgan fingerprint density at radius 3 is 2.35 bits per heavy atom. The summed E-state index contributed by atoms with van der Waals surface area (Å²) in [5, 5.41) is 7.18. The average Bonchev–Trinajstić information content (AvgIpc) is 3.08. The molecule has 0 aliphatic rings. The van der Waals surface area contributed by atoms with Crippen molar-refractivity contribution in [3.8, 4) is 0 Å². The summed E-state index contributed by atoms with van der Waals surface area (Å²) in [5.41, 5.74) is 3.86. The Bertz CT molecular complexity index is 1190. The zero-order chi connectivity index (χ0) is 22.8. The highest BCUT2D eigenvalue weighted by Gasteiger charge is 2.15. The molecule has 1 heterocycles. The molecule has 0 bridgehead atoms. The number of amides is 1. The summed E-state index contributed by atoms with van der Waals surface area (Å²) in [5.74, 6) is 0.212. The second kappa shape index (κ2) is 8.55. The lowest BCUT2D eigenvalue weighted by Gasteiger charge is -2.19. The van der Waals surface area contributed by atoms with Crippen molar-refractivity contribution in [2.45, 2.75) is 39.7 Å². The second-order valence-electron chi connectivity index (χ2n) is 8.68. The van der Waals surface area contributed by atoms with Gasteiger partial charge >= 0.3 is 0 Å². The number of aryl methyl sites for hydroxylation is 1. The molecule has 3 aromatic rings. The van der Waals surface area contributed by atoms with Crippen LogP contribution < -0.4 is 10.0 Å². The highest BCUT2D eigenvalue weighted by molar-refractivity contribution is 7.92. The van der Waals surface area contributed by atoms with E-state index in [-0.39, 0.29) is 11.3 Å². The van der Waals surface area contributed by atoms with E-state index in [4.69, 9.17) is 0 Å². The molecule has 3 rings (SSSR count). The van der Waals surface area contributed by atoms with Gasteiger partial charge in [-0.3, -0.25) is 9.52 Å². The van der Waals surface area contributed by atoms with Gasteiger partial charge in [-0.25, -0.2) is 13.1 Å². The number of nitrogens with zero attached hydrogens (tertiary/aromatic N) is 2. The predicted molar refractivity (Wildman–Crippen MR) is 124 cm³/mol. The van der Waals surface area contributed by atoms with Gasteiger partial charge in [-0.05, 0) is 41.2 Å². The van der Waals surface area contributed by atoms with Crippen LogP contribution in [0.15, 0.2) is 54.7 Å². The van der Waals surface area contributed by atoms with Gasteiger partial charge in [0.15, 0.2) is 0 Å². The van der Waals surface area contributed by atoms with Crippen molar-refractivity contribution < 1.29 is 13.2 Å². The molecule has 7 nitrogen and oxygen atoms in total. The van der Waals surface area contributed by atoms with Gasteiger partial charge in [0, 0.05) is 11.6 Å². The molecule has 0 radical (unpaired) electrons. The van der Waals surface area contributed by atoms with Crippen molar-refractivity contribution in [2.24, 2.45) is 0 Å². The minimum Gasteiger partial charge on any atom is -0.307 e. The van der Waals surface area contributed by atoms with Crippen molar-refractivity contribution >= 4 is 27.4 Å². The number of nitrogens with one attached hydrogen (secondary N) is 2. The molecule has 164 valence electrons. The lowest BCUT2D eigenvalue weighted by atomic mass is 9.87. The van der Waals surface area contributed by atoms with E-state index in [1.165, 1.54) is 11.6 Å². The Hall–Kier alpha value is -3.13. The summed E-state index contributed by atoms with van der Waals surface area (Å²) < 4.78 is 27.3. The van der Waals surface area contributed by atoms with E-state index in [1.54, 1.807) is 36.0 Å². The molecule has 0 aliphatic heterocycles. The monoisotopic (exact) mass is 440 g/mol. The lowest BCUT2D eigenvalue weighted by molar-refractivity contribution is 0.102. The van der Waals surface area contributed by atoms with Crippen LogP contribution in [-0.4, -0.2) is 30.4 Å². The van der Waals surface area contributed by atoms with E-state index in [9.17, 15) is 13.2 Å². The van der Waals surface area contributed by atoms with Gasteiger partial charge in [-0.15, -0.1) is 0 Å². The van der Waals surface area contributed by atoms with Gasteiger partial charge in [-0.2, -0.15) is 5.10 Å². The number of hydrogen-bond acceptors (Lipinski definition) is 4.